The van der Waals surface area contributed by atoms with Gasteiger partial charge in [-0.15, -0.1) is 0 Å². The number of carbonyl (C=O) groups is 4. The lowest BCUT2D eigenvalue weighted by Crippen LogP contribution is -2.57. The Hall–Kier alpha value is -4.28. The summed E-state index contributed by atoms with van der Waals surface area (Å²) < 4.78 is 52.3. The third-order valence-corrected chi connectivity index (χ3v) is 16.1. The van der Waals surface area contributed by atoms with Crippen molar-refractivity contribution in [2.24, 2.45) is 17.3 Å². The number of esters is 1. The molecule has 16 heteroatoms. The molecule has 2 aromatic rings. The van der Waals surface area contributed by atoms with E-state index in [1.807, 2.05) is 58.0 Å². The Morgan fingerprint density at radius 3 is 2.56 bits per heavy atom. The molecule has 5 heterocycles. The summed E-state index contributed by atoms with van der Waals surface area (Å²) >= 11 is 0. The maximum absolute atomic E-state index is 15.0. The number of rotatable bonds is 10. The highest BCUT2D eigenvalue weighted by Crippen LogP contribution is 2.49. The molecule has 0 bridgehead atoms. The number of sulfonamides is 1. The van der Waals surface area contributed by atoms with Crippen molar-refractivity contribution in [1.29, 1.82) is 0 Å². The van der Waals surface area contributed by atoms with Crippen LogP contribution in [0.2, 0.25) is 0 Å². The van der Waals surface area contributed by atoms with Gasteiger partial charge in [-0.25, -0.2) is 13.4 Å². The van der Waals surface area contributed by atoms with Crippen LogP contribution in [0.25, 0.3) is 10.9 Å². The van der Waals surface area contributed by atoms with Crippen molar-refractivity contribution in [1.82, 2.24) is 24.8 Å². The van der Waals surface area contributed by atoms with E-state index >= 15 is 0 Å². The monoisotopic (exact) mass is 907 g/mol. The largest absolute Gasteiger partial charge is 0.492 e. The lowest BCUT2D eigenvalue weighted by molar-refractivity contribution is -0.152. The summed E-state index contributed by atoms with van der Waals surface area (Å²) in [4.78, 5) is 66.0. The number of fused-ring (bicyclic) bond motifs is 5. The van der Waals surface area contributed by atoms with E-state index in [2.05, 4.69) is 14.9 Å². The Morgan fingerprint density at radius 2 is 1.83 bits per heavy atom. The summed E-state index contributed by atoms with van der Waals surface area (Å²) in [6.45, 7) is 14.2. The molecule has 5 atom stereocenters. The van der Waals surface area contributed by atoms with E-state index in [1.54, 1.807) is 11.8 Å². The minimum absolute atomic E-state index is 0. The van der Waals surface area contributed by atoms with Crippen LogP contribution >= 0.6 is 0 Å². The lowest BCUT2D eigenvalue weighted by atomic mass is 9.87. The van der Waals surface area contributed by atoms with E-state index in [0.717, 1.165) is 67.9 Å². The molecule has 4 aliphatic heterocycles. The van der Waals surface area contributed by atoms with Gasteiger partial charge in [-0.2, -0.15) is 0 Å². The van der Waals surface area contributed by atoms with Crippen molar-refractivity contribution in [3.8, 4) is 11.5 Å². The molecule has 2 saturated carbocycles. The number of hydrogen-bond acceptors (Lipinski definition) is 12. The van der Waals surface area contributed by atoms with Gasteiger partial charge in [-0.05, 0) is 88.8 Å². The Balaban J connectivity index is 0.00000612. The molecule has 2 N–H and O–H groups in total. The van der Waals surface area contributed by atoms with Crippen LogP contribution in [0.4, 0.5) is 0 Å². The molecule has 0 radical (unpaired) electrons. The fraction of sp³-hybridized carbons (Fsp3) is 0.688. The van der Waals surface area contributed by atoms with Gasteiger partial charge in [0.2, 0.25) is 21.8 Å². The molecular formula is C48H69N5O10S. The molecule has 1 aromatic carbocycles. The number of aromatic nitrogens is 1. The summed E-state index contributed by atoms with van der Waals surface area (Å²) in [6, 6.07) is 4.84. The number of amides is 3. The third kappa shape index (κ3) is 10.2. The molecule has 3 amide bonds. The van der Waals surface area contributed by atoms with Crippen LogP contribution in [0.1, 0.15) is 117 Å². The third-order valence-electron chi connectivity index (χ3n) is 13.9. The molecule has 1 spiro atoms. The van der Waals surface area contributed by atoms with Crippen molar-refractivity contribution in [3.05, 3.63) is 41.6 Å². The van der Waals surface area contributed by atoms with Gasteiger partial charge in [0, 0.05) is 48.8 Å². The predicted octanol–water partition coefficient (Wildman–Crippen LogP) is 5.54. The molecule has 1 aromatic heterocycles. The predicted molar refractivity (Wildman–Crippen MR) is 242 cm³/mol. The Bertz CT molecular complexity index is 2250. The zero-order valence-electron chi connectivity index (χ0n) is 37.6. The van der Waals surface area contributed by atoms with Crippen LogP contribution in [-0.2, 0) is 45.1 Å². The topological polar surface area (TPSA) is 183 Å². The quantitative estimate of drug-likeness (QED) is 0.225. The number of pyridine rings is 1. The highest BCUT2D eigenvalue weighted by molar-refractivity contribution is 7.91. The zero-order chi connectivity index (χ0) is 44.8. The van der Waals surface area contributed by atoms with E-state index in [-0.39, 0.29) is 51.2 Å². The number of nitrogens with one attached hydrogen (secondary N) is 2. The molecule has 2 saturated heterocycles. The van der Waals surface area contributed by atoms with Crippen molar-refractivity contribution in [2.75, 3.05) is 52.6 Å². The van der Waals surface area contributed by atoms with E-state index in [9.17, 15) is 27.6 Å². The number of morpholine rings is 1. The van der Waals surface area contributed by atoms with E-state index in [1.165, 1.54) is 0 Å². The molecular weight excluding hydrogens is 839 g/mol. The minimum atomic E-state index is -4.00. The lowest BCUT2D eigenvalue weighted by Gasteiger charge is -2.36. The van der Waals surface area contributed by atoms with Gasteiger partial charge in [0.1, 0.15) is 35.3 Å². The first-order valence-electron chi connectivity index (χ1n) is 23.0. The number of allylic oxidation sites excluding steroid dienone is 1. The van der Waals surface area contributed by atoms with Crippen LogP contribution < -0.4 is 19.5 Å². The van der Waals surface area contributed by atoms with Crippen LogP contribution in [-0.4, -0.2) is 121 Å². The maximum atomic E-state index is 15.0. The Kier molecular flexibility index (Phi) is 13.8. The average molecular weight is 908 g/mol. The van der Waals surface area contributed by atoms with Gasteiger partial charge in [0.05, 0.1) is 48.7 Å². The number of hydrogen-bond donors (Lipinski definition) is 2. The molecule has 2 aliphatic carbocycles. The smallest absolute Gasteiger partial charge is 0.306 e. The molecule has 15 nitrogen and oxygen atoms in total. The normalized spacial score (nSPS) is 28.8. The minimum Gasteiger partial charge on any atom is -0.492 e. The van der Waals surface area contributed by atoms with Crippen LogP contribution in [0.15, 0.2) is 30.4 Å². The molecule has 64 heavy (non-hydrogen) atoms. The highest BCUT2D eigenvalue weighted by atomic mass is 32.2. The van der Waals surface area contributed by atoms with Crippen LogP contribution in [0.3, 0.4) is 0 Å². The van der Waals surface area contributed by atoms with Gasteiger partial charge in [-0.3, -0.25) is 28.8 Å². The summed E-state index contributed by atoms with van der Waals surface area (Å²) in [5.41, 5.74) is -0.268. The fourth-order valence-electron chi connectivity index (χ4n) is 9.57. The molecule has 352 valence electrons. The zero-order valence-corrected chi connectivity index (χ0v) is 38.4. The summed E-state index contributed by atoms with van der Waals surface area (Å²) in [5.74, 6) is -1.98. The highest BCUT2D eigenvalue weighted by Gasteiger charge is 2.64. The van der Waals surface area contributed by atoms with Crippen molar-refractivity contribution in [2.45, 2.75) is 141 Å². The number of ether oxygens (including phenoxy) is 4. The van der Waals surface area contributed by atoms with Crippen LogP contribution in [0, 0.1) is 24.2 Å². The van der Waals surface area contributed by atoms with E-state index < -0.39 is 61.6 Å². The Morgan fingerprint density at radius 1 is 1.06 bits per heavy atom. The second-order valence-corrected chi connectivity index (χ2v) is 22.5. The number of aryl methyl sites for hydroxylation is 2. The standard InChI is InChI=1S/C47H65N5O10S.CH4/c1-31-40-35(36-26-34(13-14-37(36)48-31)60-24-21-51-19-22-59-23-20-51)15-16-46(62-40)28-38-41(54)49-47(43(56)50-63(57,58)45(5)17-18-45)27-33(47)12-10-8-6-7-9-11-32(42(55)52(38)29-46)25-39(53)61-30-44(2,3)4;/h10,12-14,26,32-33,38H,6-9,11,15-25,27-30H2,1-5H3,(H,49,54)(H,50,56);1H4/b12-10-;/t32-,33-,38+,46-,47-;/m1./s1. The van der Waals surface area contributed by atoms with Gasteiger partial charge in [-0.1, -0.05) is 53.2 Å². The summed E-state index contributed by atoms with van der Waals surface area (Å²) in [6.07, 6.45) is 9.55. The number of benzene rings is 1. The Labute approximate surface area is 378 Å². The molecule has 0 unspecified atom stereocenters. The van der Waals surface area contributed by atoms with Crippen LogP contribution in [0.5, 0.6) is 11.5 Å². The van der Waals surface area contributed by atoms with Crippen molar-refractivity contribution < 1.29 is 46.5 Å². The van der Waals surface area contributed by atoms with Gasteiger partial charge >= 0.3 is 5.97 Å². The molecule has 6 aliphatic rings. The van der Waals surface area contributed by atoms with Gasteiger partial charge < -0.3 is 29.2 Å². The second-order valence-electron chi connectivity index (χ2n) is 20.3. The maximum Gasteiger partial charge on any atom is 0.306 e. The first kappa shape index (κ1) is 47.7. The van der Waals surface area contributed by atoms with Gasteiger partial charge in [0.25, 0.3) is 5.91 Å². The molecule has 8 rings (SSSR count). The summed E-state index contributed by atoms with van der Waals surface area (Å²) in [5, 5.41) is 3.91. The van der Waals surface area contributed by atoms with Crippen molar-refractivity contribution in [3.63, 3.8) is 0 Å². The SMILES string of the molecule is C.Cc1nc2ccc(OCCN3CCOCC3)cc2c2c1O[C@]1(CC2)C[C@H]2C(=O)N[C@]3(C(=O)NS(=O)(=O)C4(C)CC4)C[C@H]3/C=C\CCCCC[C@H](CC(=O)OCC(C)(C)C)C(=O)N2C1. The second kappa shape index (κ2) is 18.5. The van der Waals surface area contributed by atoms with E-state index in [0.29, 0.717) is 63.0 Å². The first-order valence-corrected chi connectivity index (χ1v) is 24.5. The summed E-state index contributed by atoms with van der Waals surface area (Å²) in [7, 11) is -4.00. The van der Waals surface area contributed by atoms with Crippen molar-refractivity contribution >= 4 is 44.6 Å². The number of nitrogens with zero attached hydrogens (tertiary/aromatic N) is 3. The average Bonchev–Trinajstić information content (AvgIpc) is 4.13. The van der Waals surface area contributed by atoms with E-state index in [4.69, 9.17) is 23.9 Å². The molecule has 4 fully saturated rings. The van der Waals surface area contributed by atoms with Gasteiger partial charge in [0.15, 0.2) is 0 Å². The first-order chi connectivity index (χ1) is 29.9. The number of carbonyl (C=O) groups excluding carboxylic acids is 4. The fourth-order valence-corrected chi connectivity index (χ4v) is 10.9.